The van der Waals surface area contributed by atoms with Crippen LogP contribution in [0.2, 0.25) is 0 Å². The van der Waals surface area contributed by atoms with Gasteiger partial charge in [0.05, 0.1) is 20.4 Å². The molecule has 0 bridgehead atoms. The van der Waals surface area contributed by atoms with Crippen LogP contribution in [-0.2, 0) is 21.1 Å². The van der Waals surface area contributed by atoms with Crippen molar-refractivity contribution >= 4 is 23.2 Å². The molecule has 0 unspecified atom stereocenters. The number of carbonyl (C=O) groups is 1. The predicted molar refractivity (Wildman–Crippen MR) is 104 cm³/mol. The van der Waals surface area contributed by atoms with Crippen molar-refractivity contribution < 1.29 is 35.3 Å². The number of methoxy groups -OCH3 is 2. The summed E-state index contributed by atoms with van der Waals surface area (Å²) >= 11 is 0. The third-order valence-electron chi connectivity index (χ3n) is 4.05. The first kappa shape index (κ1) is 23.7. The molecule has 1 heterocycles. The van der Waals surface area contributed by atoms with Crippen molar-refractivity contribution in [3.8, 4) is 11.5 Å². The number of aromatic nitrogens is 2. The molecular weight excluding hydrogens is 532 g/mol. The number of nitrogens with zero attached hydrogens (tertiary/aromatic N) is 2. The molecule has 1 aliphatic carbocycles. The molecule has 0 radical (unpaired) electrons. The van der Waals surface area contributed by atoms with E-state index < -0.39 is 5.91 Å². The Bertz CT molecular complexity index is 801. The van der Waals surface area contributed by atoms with E-state index in [1.807, 2.05) is 6.54 Å². The molecule has 0 atom stereocenters. The van der Waals surface area contributed by atoms with Crippen molar-refractivity contribution in [2.24, 2.45) is 11.7 Å². The molecule has 0 spiro atoms. The number of rotatable bonds is 9. The molecule has 10 heteroatoms. The van der Waals surface area contributed by atoms with Gasteiger partial charge in [-0.2, -0.15) is 6.42 Å². The van der Waals surface area contributed by atoms with Crippen molar-refractivity contribution in [2.45, 2.75) is 19.3 Å². The van der Waals surface area contributed by atoms with Gasteiger partial charge in [-0.15, -0.1) is 0 Å². The van der Waals surface area contributed by atoms with E-state index in [0.29, 0.717) is 23.0 Å². The molecule has 1 fully saturated rings. The van der Waals surface area contributed by atoms with E-state index in [1.165, 1.54) is 19.0 Å². The summed E-state index contributed by atoms with van der Waals surface area (Å²) in [6.45, 7) is 1.96. The monoisotopic (exact) mass is 556 g/mol. The second-order valence-electron chi connectivity index (χ2n) is 6.04. The molecule has 1 aromatic heterocycles. The fraction of sp³-hybridized carbons (Fsp3) is 0.333. The number of carbonyl (C=O) groups excluding carboxylic acids is 1. The maximum Gasteiger partial charge on any atom is 2.00 e. The Morgan fingerprint density at radius 2 is 2.00 bits per heavy atom. The van der Waals surface area contributed by atoms with Crippen LogP contribution in [-0.4, -0.2) is 30.1 Å². The summed E-state index contributed by atoms with van der Waals surface area (Å²) in [5.41, 5.74) is 6.14. The standard InChI is InChI=1S/C18H22N5O3.H2N.W/c1-25-13-6-5-12(9-14(13)26-2)22-18-16(17(19)24)21-10-15(23-18)20-8-7-11-3-4-11;;/h5-6,8-11H,3-4,7H2,1-2H3,(H2,19,24)(H2,20,22,23);1H2;/q2*-1;+2. The zero-order valence-electron chi connectivity index (χ0n) is 15.8. The molecule has 1 amide bonds. The molecule has 1 saturated carbocycles. The minimum absolute atomic E-state index is 0. The Hall–Kier alpha value is -2.38. The van der Waals surface area contributed by atoms with Gasteiger partial charge in [0, 0.05) is 11.8 Å². The zero-order valence-corrected chi connectivity index (χ0v) is 18.7. The van der Waals surface area contributed by atoms with E-state index in [0.717, 1.165) is 12.3 Å². The van der Waals surface area contributed by atoms with Crippen LogP contribution in [0, 0.1) is 12.5 Å². The maximum atomic E-state index is 11.7. The molecule has 150 valence electrons. The number of benzene rings is 1. The van der Waals surface area contributed by atoms with Crippen molar-refractivity contribution in [3.63, 3.8) is 0 Å². The van der Waals surface area contributed by atoms with Crippen molar-refractivity contribution in [2.75, 3.05) is 24.9 Å². The number of anilines is 3. The van der Waals surface area contributed by atoms with Gasteiger partial charge in [0.2, 0.25) is 0 Å². The summed E-state index contributed by atoms with van der Waals surface area (Å²) in [6, 6.07) is 5.28. The second-order valence-corrected chi connectivity index (χ2v) is 6.04. The van der Waals surface area contributed by atoms with Crippen LogP contribution >= 0.6 is 0 Å². The first-order valence-corrected chi connectivity index (χ1v) is 8.34. The molecule has 6 N–H and O–H groups in total. The summed E-state index contributed by atoms with van der Waals surface area (Å²) in [6.07, 6.45) is 5.02. The number of primary amides is 1. The zero-order chi connectivity index (χ0) is 18.5. The number of nitrogens with one attached hydrogen (secondary N) is 2. The SMILES string of the molecule is COc1ccc(Nc2nc(N[CH-]CC3CC3)cnc2C(N)=O)cc1OC.[NH2-].[W+2]. The number of ether oxygens (including phenoxy) is 2. The first-order chi connectivity index (χ1) is 12.6. The molecular formula is C18H24N6O3W. The molecule has 28 heavy (non-hydrogen) atoms. The molecule has 3 rings (SSSR count). The summed E-state index contributed by atoms with van der Waals surface area (Å²) in [5, 5.41) is 6.18. The van der Waals surface area contributed by atoms with Gasteiger partial charge in [-0.05, 0) is 12.1 Å². The van der Waals surface area contributed by atoms with Crippen molar-refractivity contribution in [1.29, 1.82) is 0 Å². The van der Waals surface area contributed by atoms with E-state index in [1.54, 1.807) is 32.4 Å². The van der Waals surface area contributed by atoms with E-state index in [-0.39, 0.29) is 38.7 Å². The topological polar surface area (TPSA) is 145 Å². The van der Waals surface area contributed by atoms with Crippen LogP contribution in [0.1, 0.15) is 29.8 Å². The van der Waals surface area contributed by atoms with Crippen molar-refractivity contribution in [3.05, 3.63) is 42.8 Å². The summed E-state index contributed by atoms with van der Waals surface area (Å²) in [4.78, 5) is 20.2. The van der Waals surface area contributed by atoms with Crippen molar-refractivity contribution in [1.82, 2.24) is 9.97 Å². The maximum absolute atomic E-state index is 11.7. The molecule has 2 aromatic rings. The normalized spacial score (nSPS) is 12.2. The van der Waals surface area contributed by atoms with E-state index in [9.17, 15) is 4.79 Å². The van der Waals surface area contributed by atoms with Gasteiger partial charge in [-0.1, -0.05) is 18.8 Å². The summed E-state index contributed by atoms with van der Waals surface area (Å²) in [7, 11) is 3.12. The van der Waals surface area contributed by atoms with Crippen LogP contribution < -0.4 is 25.8 Å². The number of hydrogen-bond donors (Lipinski definition) is 3. The average Bonchev–Trinajstić information content (AvgIpc) is 3.46. The largest absolute Gasteiger partial charge is 2.00 e. The van der Waals surface area contributed by atoms with Crippen LogP contribution in [0.4, 0.5) is 17.3 Å². The number of amides is 1. The van der Waals surface area contributed by atoms with Gasteiger partial charge in [-0.25, -0.2) is 16.5 Å². The van der Waals surface area contributed by atoms with Gasteiger partial charge in [0.25, 0.3) is 5.91 Å². The Balaban J connectivity index is 0.00000196. The second kappa shape index (κ2) is 10.8. The molecule has 9 nitrogen and oxygen atoms in total. The minimum Gasteiger partial charge on any atom is -0.693 e. The Morgan fingerprint density at radius 3 is 2.61 bits per heavy atom. The van der Waals surface area contributed by atoms with Crippen LogP contribution in [0.3, 0.4) is 0 Å². The minimum atomic E-state index is -0.658. The van der Waals surface area contributed by atoms with E-state index in [4.69, 9.17) is 15.2 Å². The van der Waals surface area contributed by atoms with Gasteiger partial charge in [-0.3, -0.25) is 4.79 Å². The van der Waals surface area contributed by atoms with Crippen LogP contribution in [0.25, 0.3) is 6.15 Å². The number of hydrogen-bond acceptors (Lipinski definition) is 7. The molecule has 1 aromatic carbocycles. The molecule has 1 aliphatic rings. The third kappa shape index (κ3) is 6.07. The van der Waals surface area contributed by atoms with Gasteiger partial charge < -0.3 is 32.0 Å². The molecule has 0 saturated heterocycles. The van der Waals surface area contributed by atoms with Crippen LogP contribution in [0.15, 0.2) is 24.4 Å². The van der Waals surface area contributed by atoms with Gasteiger partial charge in [0.1, 0.15) is 5.82 Å². The number of nitrogens with two attached hydrogens (primary N) is 2. The Morgan fingerprint density at radius 1 is 1.29 bits per heavy atom. The fourth-order valence-corrected chi connectivity index (χ4v) is 2.46. The molecule has 0 aliphatic heterocycles. The summed E-state index contributed by atoms with van der Waals surface area (Å²) < 4.78 is 10.5. The third-order valence-corrected chi connectivity index (χ3v) is 4.05. The first-order valence-electron chi connectivity index (χ1n) is 8.34. The van der Waals surface area contributed by atoms with E-state index >= 15 is 0 Å². The smallest absolute Gasteiger partial charge is 0.693 e. The summed E-state index contributed by atoms with van der Waals surface area (Å²) in [5.74, 6) is 2.08. The van der Waals surface area contributed by atoms with E-state index in [2.05, 4.69) is 20.6 Å². The van der Waals surface area contributed by atoms with Gasteiger partial charge >= 0.3 is 21.1 Å². The average molecular weight is 556 g/mol. The van der Waals surface area contributed by atoms with Gasteiger partial charge in [0.15, 0.2) is 23.0 Å². The predicted octanol–water partition coefficient (Wildman–Crippen LogP) is 3.42. The van der Waals surface area contributed by atoms with Crippen LogP contribution in [0.5, 0.6) is 11.5 Å². The Kier molecular flexibility index (Phi) is 9.15. The quantitative estimate of drug-likeness (QED) is 0.402. The fourth-order valence-electron chi connectivity index (χ4n) is 2.46. The Labute approximate surface area is 178 Å².